The van der Waals surface area contributed by atoms with Crippen molar-refractivity contribution in [2.75, 3.05) is 0 Å². The summed E-state index contributed by atoms with van der Waals surface area (Å²) in [7, 11) is 0. The zero-order chi connectivity index (χ0) is 10.6. The van der Waals surface area contributed by atoms with Crippen LogP contribution < -0.4 is 5.69 Å². The van der Waals surface area contributed by atoms with Gasteiger partial charge >= 0.3 is 5.69 Å². The minimum Gasteiger partial charge on any atom is -0.305 e. The minimum atomic E-state index is -0.300. The summed E-state index contributed by atoms with van der Waals surface area (Å²) >= 11 is 0. The maximum Gasteiger partial charge on any atom is 0.345 e. The van der Waals surface area contributed by atoms with Gasteiger partial charge in [0.1, 0.15) is 0 Å². The highest BCUT2D eigenvalue weighted by Gasteiger charge is 1.93. The molecule has 1 heterocycles. The largest absolute Gasteiger partial charge is 0.345 e. The molecule has 3 nitrogen and oxygen atoms in total. The fraction of sp³-hybridized carbons (Fsp3) is 0.273. The standard InChI is InChI=1S/C9H8N2O.C2H6/c1-6-2-3-8-7(4-6)5-10-9(12)11-8;1-2/h2-5H,1H3,(H,10,11,12);1-2H3. The summed E-state index contributed by atoms with van der Waals surface area (Å²) in [6.07, 6.45) is 1.58. The van der Waals surface area contributed by atoms with Gasteiger partial charge in [-0.3, -0.25) is 0 Å². The Hall–Kier alpha value is -1.64. The van der Waals surface area contributed by atoms with Gasteiger partial charge < -0.3 is 4.98 Å². The second kappa shape index (κ2) is 4.56. The molecule has 0 bridgehead atoms. The van der Waals surface area contributed by atoms with Crippen molar-refractivity contribution in [3.05, 3.63) is 40.4 Å². The lowest BCUT2D eigenvalue weighted by Crippen LogP contribution is -2.08. The molecule has 1 aromatic heterocycles. The minimum absolute atomic E-state index is 0.300. The van der Waals surface area contributed by atoms with Gasteiger partial charge in [0.2, 0.25) is 0 Å². The highest BCUT2D eigenvalue weighted by atomic mass is 16.1. The number of aryl methyl sites for hydroxylation is 1. The van der Waals surface area contributed by atoms with Crippen LogP contribution in [0.3, 0.4) is 0 Å². The molecule has 0 saturated heterocycles. The molecule has 0 unspecified atom stereocenters. The maximum absolute atomic E-state index is 10.8. The number of nitrogens with zero attached hydrogens (tertiary/aromatic N) is 1. The van der Waals surface area contributed by atoms with Crippen LogP contribution in [0.1, 0.15) is 19.4 Å². The second-order valence-electron chi connectivity index (χ2n) is 2.78. The fourth-order valence-corrected chi connectivity index (χ4v) is 1.18. The topological polar surface area (TPSA) is 45.8 Å². The number of fused-ring (bicyclic) bond motifs is 1. The molecule has 0 amide bonds. The van der Waals surface area contributed by atoms with Gasteiger partial charge in [-0.1, -0.05) is 25.5 Å². The Bertz CT molecular complexity index is 474. The van der Waals surface area contributed by atoms with E-state index in [0.29, 0.717) is 0 Å². The summed E-state index contributed by atoms with van der Waals surface area (Å²) in [5.41, 5.74) is 1.70. The molecule has 0 aliphatic carbocycles. The predicted molar refractivity (Wildman–Crippen MR) is 58.4 cm³/mol. The van der Waals surface area contributed by atoms with Gasteiger partial charge in [0, 0.05) is 11.6 Å². The van der Waals surface area contributed by atoms with Gasteiger partial charge in [-0.15, -0.1) is 0 Å². The summed E-state index contributed by atoms with van der Waals surface area (Å²) in [5.74, 6) is 0. The highest BCUT2D eigenvalue weighted by Crippen LogP contribution is 2.09. The Balaban J connectivity index is 0.000000461. The molecule has 3 heteroatoms. The summed E-state index contributed by atoms with van der Waals surface area (Å²) < 4.78 is 0. The van der Waals surface area contributed by atoms with Crippen molar-refractivity contribution >= 4 is 10.9 Å². The van der Waals surface area contributed by atoms with E-state index >= 15 is 0 Å². The monoisotopic (exact) mass is 190 g/mol. The van der Waals surface area contributed by atoms with Crippen LogP contribution in [0.5, 0.6) is 0 Å². The molecule has 14 heavy (non-hydrogen) atoms. The smallest absolute Gasteiger partial charge is 0.305 e. The van der Waals surface area contributed by atoms with E-state index in [1.54, 1.807) is 6.20 Å². The lowest BCUT2D eigenvalue weighted by atomic mass is 10.2. The molecule has 0 saturated carbocycles. The van der Waals surface area contributed by atoms with E-state index in [2.05, 4.69) is 9.97 Å². The Morgan fingerprint density at radius 3 is 2.71 bits per heavy atom. The Labute approximate surface area is 82.8 Å². The van der Waals surface area contributed by atoms with Crippen molar-refractivity contribution in [3.63, 3.8) is 0 Å². The van der Waals surface area contributed by atoms with Crippen LogP contribution in [-0.4, -0.2) is 9.97 Å². The molecule has 0 aliphatic heterocycles. The van der Waals surface area contributed by atoms with Gasteiger partial charge in [0.15, 0.2) is 0 Å². The van der Waals surface area contributed by atoms with E-state index in [9.17, 15) is 4.79 Å². The van der Waals surface area contributed by atoms with E-state index < -0.39 is 0 Å². The molecule has 0 fully saturated rings. The Morgan fingerprint density at radius 1 is 1.29 bits per heavy atom. The number of hydrogen-bond donors (Lipinski definition) is 1. The Kier molecular flexibility index (Phi) is 3.40. The first-order valence-corrected chi connectivity index (χ1v) is 4.71. The van der Waals surface area contributed by atoms with Gasteiger partial charge in [-0.25, -0.2) is 9.78 Å². The fourth-order valence-electron chi connectivity index (χ4n) is 1.18. The normalized spacial score (nSPS) is 9.36. The number of rotatable bonds is 0. The number of hydrogen-bond acceptors (Lipinski definition) is 2. The van der Waals surface area contributed by atoms with Crippen molar-refractivity contribution in [2.24, 2.45) is 0 Å². The van der Waals surface area contributed by atoms with Gasteiger partial charge in [0.05, 0.1) is 5.52 Å². The summed E-state index contributed by atoms with van der Waals surface area (Å²) in [5, 5.41) is 0.967. The zero-order valence-electron chi connectivity index (χ0n) is 8.66. The molecule has 2 rings (SSSR count). The molecule has 1 aromatic carbocycles. The van der Waals surface area contributed by atoms with Crippen molar-refractivity contribution in [1.29, 1.82) is 0 Å². The van der Waals surface area contributed by atoms with Gasteiger partial charge in [-0.05, 0) is 19.1 Å². The summed E-state index contributed by atoms with van der Waals surface area (Å²) in [6.45, 7) is 6.00. The first kappa shape index (κ1) is 10.4. The van der Waals surface area contributed by atoms with E-state index in [1.807, 2.05) is 39.0 Å². The van der Waals surface area contributed by atoms with Crippen LogP contribution in [-0.2, 0) is 0 Å². The molecule has 1 N–H and O–H groups in total. The highest BCUT2D eigenvalue weighted by molar-refractivity contribution is 5.77. The average molecular weight is 190 g/mol. The third-order valence-corrected chi connectivity index (χ3v) is 1.77. The van der Waals surface area contributed by atoms with Gasteiger partial charge in [0.25, 0.3) is 0 Å². The predicted octanol–water partition coefficient (Wildman–Crippen LogP) is 2.26. The third kappa shape index (κ3) is 2.19. The average Bonchev–Trinajstić information content (AvgIpc) is 2.21. The maximum atomic E-state index is 10.8. The van der Waals surface area contributed by atoms with Crippen LogP contribution >= 0.6 is 0 Å². The van der Waals surface area contributed by atoms with E-state index in [1.165, 1.54) is 0 Å². The first-order valence-electron chi connectivity index (χ1n) is 4.71. The molecule has 0 aliphatic rings. The SMILES string of the molecule is CC.Cc1ccc2[nH]c(=O)ncc2c1. The van der Waals surface area contributed by atoms with Gasteiger partial charge in [-0.2, -0.15) is 0 Å². The second-order valence-corrected chi connectivity index (χ2v) is 2.78. The Morgan fingerprint density at radius 2 is 2.00 bits per heavy atom. The van der Waals surface area contributed by atoms with Crippen LogP contribution in [0.15, 0.2) is 29.2 Å². The summed E-state index contributed by atoms with van der Waals surface area (Å²) in [6, 6.07) is 5.82. The molecule has 0 spiro atoms. The van der Waals surface area contributed by atoms with Crippen molar-refractivity contribution in [1.82, 2.24) is 9.97 Å². The lowest BCUT2D eigenvalue weighted by Gasteiger charge is -1.96. The number of nitrogens with one attached hydrogen (secondary N) is 1. The molecule has 74 valence electrons. The van der Waals surface area contributed by atoms with E-state index in [-0.39, 0.29) is 5.69 Å². The van der Waals surface area contributed by atoms with Crippen LogP contribution in [0, 0.1) is 6.92 Å². The first-order chi connectivity index (χ1) is 6.75. The van der Waals surface area contributed by atoms with Crippen LogP contribution in [0.2, 0.25) is 0 Å². The molecular weight excluding hydrogens is 176 g/mol. The lowest BCUT2D eigenvalue weighted by molar-refractivity contribution is 1.12. The van der Waals surface area contributed by atoms with Crippen molar-refractivity contribution < 1.29 is 0 Å². The quantitative estimate of drug-likeness (QED) is 0.692. The van der Waals surface area contributed by atoms with Crippen molar-refractivity contribution in [3.8, 4) is 0 Å². The van der Waals surface area contributed by atoms with Crippen LogP contribution in [0.25, 0.3) is 10.9 Å². The number of H-pyrrole nitrogens is 1. The van der Waals surface area contributed by atoms with Crippen molar-refractivity contribution in [2.45, 2.75) is 20.8 Å². The summed E-state index contributed by atoms with van der Waals surface area (Å²) in [4.78, 5) is 17.1. The number of aromatic nitrogens is 2. The van der Waals surface area contributed by atoms with E-state index in [4.69, 9.17) is 0 Å². The number of benzene rings is 1. The molecule has 0 radical (unpaired) electrons. The molecule has 2 aromatic rings. The molecular formula is C11H14N2O. The third-order valence-electron chi connectivity index (χ3n) is 1.77. The number of aromatic amines is 1. The van der Waals surface area contributed by atoms with E-state index in [0.717, 1.165) is 16.5 Å². The zero-order valence-corrected chi connectivity index (χ0v) is 8.66. The molecule has 0 atom stereocenters. The van der Waals surface area contributed by atoms with Crippen LogP contribution in [0.4, 0.5) is 0 Å².